The van der Waals surface area contributed by atoms with Crippen LogP contribution in [0.2, 0.25) is 0 Å². The Hall–Kier alpha value is -7.46. The van der Waals surface area contributed by atoms with Gasteiger partial charge in [-0.1, -0.05) is 146 Å². The fourth-order valence-electron chi connectivity index (χ4n) is 9.10. The van der Waals surface area contributed by atoms with Crippen LogP contribution in [0.25, 0.3) is 91.5 Å². The molecule has 276 valence electrons. The summed E-state index contributed by atoms with van der Waals surface area (Å²) in [6.45, 7) is 0. The lowest BCUT2D eigenvalue weighted by Gasteiger charge is -2.27. The highest BCUT2D eigenvalue weighted by Crippen LogP contribution is 2.46. The predicted molar refractivity (Wildman–Crippen MR) is 254 cm³/mol. The van der Waals surface area contributed by atoms with Crippen molar-refractivity contribution in [2.24, 2.45) is 0 Å². The summed E-state index contributed by atoms with van der Waals surface area (Å²) in [5, 5.41) is 10.1. The van der Waals surface area contributed by atoms with E-state index in [9.17, 15) is 0 Å². The van der Waals surface area contributed by atoms with Crippen LogP contribution in [0.15, 0.2) is 218 Å². The van der Waals surface area contributed by atoms with Crippen molar-refractivity contribution in [2.75, 3.05) is 4.90 Å². The molecule has 0 radical (unpaired) electrons. The second-order valence-corrected chi connectivity index (χ2v) is 16.4. The fourth-order valence-corrected chi connectivity index (χ4v) is 10.3. The van der Waals surface area contributed by atoms with E-state index in [0.29, 0.717) is 0 Å². The fraction of sp³-hybridized carbons (Fsp3) is 0. The van der Waals surface area contributed by atoms with Gasteiger partial charge in [-0.15, -0.1) is 11.3 Å². The number of anilines is 3. The van der Waals surface area contributed by atoms with Gasteiger partial charge in [-0.2, -0.15) is 0 Å². The minimum atomic E-state index is 1.09. The van der Waals surface area contributed by atoms with Crippen molar-refractivity contribution < 1.29 is 0 Å². The predicted octanol–water partition coefficient (Wildman–Crippen LogP) is 16.3. The molecular formula is C56H36N2S. The number of rotatable bonds is 6. The molecule has 2 heterocycles. The zero-order valence-electron chi connectivity index (χ0n) is 32.1. The molecule has 2 nitrogen and oxygen atoms in total. The molecule has 0 spiro atoms. The maximum Gasteiger partial charge on any atom is 0.0561 e. The summed E-state index contributed by atoms with van der Waals surface area (Å²) < 4.78 is 5.06. The van der Waals surface area contributed by atoms with Crippen molar-refractivity contribution in [1.29, 1.82) is 0 Å². The maximum absolute atomic E-state index is 2.46. The third-order valence-electron chi connectivity index (χ3n) is 11.9. The lowest BCUT2D eigenvalue weighted by molar-refractivity contribution is 1.18. The average molecular weight is 769 g/mol. The van der Waals surface area contributed by atoms with Crippen LogP contribution < -0.4 is 4.90 Å². The molecule has 0 aliphatic heterocycles. The Labute approximate surface area is 346 Å². The molecule has 0 saturated carbocycles. The highest BCUT2D eigenvalue weighted by atomic mass is 32.1. The summed E-state index contributed by atoms with van der Waals surface area (Å²) in [7, 11) is 0. The summed E-state index contributed by atoms with van der Waals surface area (Å²) in [6.07, 6.45) is 0. The summed E-state index contributed by atoms with van der Waals surface area (Å²) in [4.78, 5) is 2.46. The van der Waals surface area contributed by atoms with E-state index in [-0.39, 0.29) is 0 Å². The van der Waals surface area contributed by atoms with Crippen molar-refractivity contribution in [3.05, 3.63) is 218 Å². The van der Waals surface area contributed by atoms with Gasteiger partial charge < -0.3 is 9.47 Å². The molecular weight excluding hydrogens is 733 g/mol. The van der Waals surface area contributed by atoms with E-state index >= 15 is 0 Å². The molecule has 3 heteroatoms. The van der Waals surface area contributed by atoms with Crippen molar-refractivity contribution in [3.8, 4) is 27.9 Å². The zero-order chi connectivity index (χ0) is 38.9. The van der Waals surface area contributed by atoms with Gasteiger partial charge in [0.05, 0.1) is 11.0 Å². The summed E-state index contributed by atoms with van der Waals surface area (Å²) >= 11 is 1.89. The molecule has 2 aromatic heterocycles. The Morgan fingerprint density at radius 3 is 1.63 bits per heavy atom. The standard InChI is InChI=1S/C56H36N2S/c1-4-14-37(15-5-1)42-30-43(38-16-6-2-7-17-38)32-47(31-42)57(45-26-29-55-52(35-45)50-27-24-39-18-12-13-23-48(39)56(50)59-55)46-25-28-49-51-33-40-19-10-11-20-41(40)34-53(51)58(54(49)36-46)44-21-8-3-9-22-44/h1-36H. The number of fused-ring (bicyclic) bond motifs is 9. The first kappa shape index (κ1) is 33.7. The van der Waals surface area contributed by atoms with Gasteiger partial charge in [0.2, 0.25) is 0 Å². The first-order valence-electron chi connectivity index (χ1n) is 20.2. The number of aromatic nitrogens is 1. The molecule has 0 unspecified atom stereocenters. The topological polar surface area (TPSA) is 8.17 Å². The van der Waals surface area contributed by atoms with Crippen LogP contribution in [0.4, 0.5) is 17.1 Å². The number of benzene rings is 10. The van der Waals surface area contributed by atoms with Crippen molar-refractivity contribution >= 4 is 91.9 Å². The second-order valence-electron chi connectivity index (χ2n) is 15.4. The van der Waals surface area contributed by atoms with Crippen molar-refractivity contribution in [2.45, 2.75) is 0 Å². The Kier molecular flexibility index (Phi) is 7.75. The molecule has 0 bridgehead atoms. The molecule has 0 aliphatic carbocycles. The Bertz CT molecular complexity index is 3490. The Morgan fingerprint density at radius 1 is 0.322 bits per heavy atom. The number of hydrogen-bond acceptors (Lipinski definition) is 2. The van der Waals surface area contributed by atoms with Gasteiger partial charge in [0, 0.05) is 53.7 Å². The zero-order valence-corrected chi connectivity index (χ0v) is 32.9. The highest BCUT2D eigenvalue weighted by Gasteiger charge is 2.21. The monoisotopic (exact) mass is 768 g/mol. The quantitative estimate of drug-likeness (QED) is 0.164. The van der Waals surface area contributed by atoms with E-state index in [0.717, 1.165) is 22.7 Å². The van der Waals surface area contributed by atoms with Gasteiger partial charge >= 0.3 is 0 Å². The molecule has 10 aromatic carbocycles. The smallest absolute Gasteiger partial charge is 0.0561 e. The highest BCUT2D eigenvalue weighted by molar-refractivity contribution is 7.26. The number of para-hydroxylation sites is 1. The van der Waals surface area contributed by atoms with Crippen LogP contribution in [0, 0.1) is 0 Å². The van der Waals surface area contributed by atoms with Crippen LogP contribution in [0.5, 0.6) is 0 Å². The van der Waals surface area contributed by atoms with E-state index in [1.165, 1.54) is 85.8 Å². The largest absolute Gasteiger partial charge is 0.310 e. The minimum absolute atomic E-state index is 1.09. The molecule has 59 heavy (non-hydrogen) atoms. The van der Waals surface area contributed by atoms with Gasteiger partial charge in [0.1, 0.15) is 0 Å². The van der Waals surface area contributed by atoms with Gasteiger partial charge in [-0.3, -0.25) is 0 Å². The maximum atomic E-state index is 2.46. The third-order valence-corrected chi connectivity index (χ3v) is 13.1. The summed E-state index contributed by atoms with van der Waals surface area (Å²) in [5.41, 5.74) is 11.5. The van der Waals surface area contributed by atoms with E-state index < -0.39 is 0 Å². The van der Waals surface area contributed by atoms with Gasteiger partial charge in [-0.25, -0.2) is 0 Å². The Morgan fingerprint density at radius 2 is 0.898 bits per heavy atom. The normalized spacial score (nSPS) is 11.7. The van der Waals surface area contributed by atoms with Gasteiger partial charge in [-0.05, 0) is 117 Å². The van der Waals surface area contributed by atoms with Crippen LogP contribution in [-0.4, -0.2) is 4.57 Å². The minimum Gasteiger partial charge on any atom is -0.310 e. The van der Waals surface area contributed by atoms with Crippen LogP contribution in [-0.2, 0) is 0 Å². The molecule has 0 N–H and O–H groups in total. The molecule has 0 atom stereocenters. The van der Waals surface area contributed by atoms with Crippen LogP contribution in [0.3, 0.4) is 0 Å². The second kappa shape index (κ2) is 13.6. The lowest BCUT2D eigenvalue weighted by atomic mass is 9.97. The molecule has 0 fully saturated rings. The molecule has 0 saturated heterocycles. The van der Waals surface area contributed by atoms with Crippen LogP contribution >= 0.6 is 11.3 Å². The van der Waals surface area contributed by atoms with Gasteiger partial charge in [0.15, 0.2) is 0 Å². The molecule has 0 amide bonds. The lowest BCUT2D eigenvalue weighted by Crippen LogP contribution is -2.10. The van der Waals surface area contributed by atoms with Crippen LogP contribution in [0.1, 0.15) is 0 Å². The molecule has 12 rings (SSSR count). The van der Waals surface area contributed by atoms with Gasteiger partial charge in [0.25, 0.3) is 0 Å². The first-order chi connectivity index (χ1) is 29.2. The van der Waals surface area contributed by atoms with Crippen molar-refractivity contribution in [1.82, 2.24) is 4.57 Å². The van der Waals surface area contributed by atoms with Crippen molar-refractivity contribution in [3.63, 3.8) is 0 Å². The third kappa shape index (κ3) is 5.62. The van der Waals surface area contributed by atoms with E-state index in [1.54, 1.807) is 0 Å². The summed E-state index contributed by atoms with van der Waals surface area (Å²) in [6, 6.07) is 80.1. The van der Waals surface area contributed by atoms with E-state index in [1.807, 2.05) is 11.3 Å². The SMILES string of the molecule is c1ccc(-c2cc(-c3ccccc3)cc(N(c3ccc4sc5c6ccccc6ccc5c4c3)c3ccc4c5cc6ccccc6cc5n(-c5ccccc5)c4c3)c2)cc1. The number of hydrogen-bond donors (Lipinski definition) is 0. The summed E-state index contributed by atoms with van der Waals surface area (Å²) in [5.74, 6) is 0. The number of thiophene rings is 1. The Balaban J connectivity index is 1.15. The molecule has 12 aromatic rings. The molecule has 0 aliphatic rings. The number of nitrogens with zero attached hydrogens (tertiary/aromatic N) is 2. The van der Waals surface area contributed by atoms with E-state index in [4.69, 9.17) is 0 Å². The average Bonchev–Trinajstić information content (AvgIpc) is 3.84. The van der Waals surface area contributed by atoms with E-state index in [2.05, 4.69) is 228 Å². The first-order valence-corrected chi connectivity index (χ1v) is 21.0.